The Hall–Kier alpha value is -2.93. The Balaban J connectivity index is 1.41. The first-order valence-corrected chi connectivity index (χ1v) is 9.80. The standard InChI is InChI=1S/C21H27N7/c1-16-13-20(26-21(22)24-16)28-10-7-18(8-11-28)25-19(14-27-12-9-23-15-27)17-5-3-2-4-6-17/h2-6,9,12-13,15,18-19,25H,7-8,10-11,14H2,1H3,(H2,22,24,26)/t19-/m1/s1. The molecule has 0 bridgehead atoms. The van der Waals surface area contributed by atoms with Gasteiger partial charge in [0.1, 0.15) is 5.82 Å². The minimum Gasteiger partial charge on any atom is -0.368 e. The Kier molecular flexibility index (Phi) is 5.53. The lowest BCUT2D eigenvalue weighted by atomic mass is 10.0. The highest BCUT2D eigenvalue weighted by Crippen LogP contribution is 2.22. The highest BCUT2D eigenvalue weighted by molar-refractivity contribution is 5.43. The van der Waals surface area contributed by atoms with Crippen molar-refractivity contribution < 1.29 is 0 Å². The molecule has 4 rings (SSSR count). The van der Waals surface area contributed by atoms with Gasteiger partial charge < -0.3 is 20.5 Å². The molecule has 7 heteroatoms. The number of aromatic nitrogens is 4. The third kappa shape index (κ3) is 4.48. The number of hydrogen-bond donors (Lipinski definition) is 2. The zero-order valence-electron chi connectivity index (χ0n) is 16.2. The van der Waals surface area contributed by atoms with Crippen LogP contribution in [0.2, 0.25) is 0 Å². The van der Waals surface area contributed by atoms with Gasteiger partial charge in [-0.3, -0.25) is 0 Å². The van der Waals surface area contributed by atoms with Crippen molar-refractivity contribution in [2.45, 2.75) is 38.4 Å². The molecule has 28 heavy (non-hydrogen) atoms. The lowest BCUT2D eigenvalue weighted by Gasteiger charge is -2.35. The van der Waals surface area contributed by atoms with Crippen molar-refractivity contribution in [2.75, 3.05) is 23.7 Å². The largest absolute Gasteiger partial charge is 0.368 e. The molecule has 3 N–H and O–H groups in total. The highest BCUT2D eigenvalue weighted by atomic mass is 15.2. The number of nitrogen functional groups attached to an aromatic ring is 1. The van der Waals surface area contributed by atoms with Crippen LogP contribution in [0, 0.1) is 6.92 Å². The summed E-state index contributed by atoms with van der Waals surface area (Å²) < 4.78 is 2.13. The molecule has 0 saturated carbocycles. The van der Waals surface area contributed by atoms with Gasteiger partial charge in [-0.1, -0.05) is 30.3 Å². The molecular weight excluding hydrogens is 350 g/mol. The molecule has 1 atom stereocenters. The minimum absolute atomic E-state index is 0.254. The Morgan fingerprint density at radius 1 is 1.18 bits per heavy atom. The quantitative estimate of drug-likeness (QED) is 0.687. The summed E-state index contributed by atoms with van der Waals surface area (Å²) in [4.78, 5) is 15.1. The van der Waals surface area contributed by atoms with E-state index in [1.807, 2.05) is 31.7 Å². The fraction of sp³-hybridized carbons (Fsp3) is 0.381. The number of rotatable bonds is 6. The van der Waals surface area contributed by atoms with Crippen LogP contribution in [0.4, 0.5) is 11.8 Å². The first-order valence-electron chi connectivity index (χ1n) is 9.80. The molecule has 1 aliphatic rings. The minimum atomic E-state index is 0.254. The highest BCUT2D eigenvalue weighted by Gasteiger charge is 2.24. The van der Waals surface area contributed by atoms with Gasteiger partial charge in [0.15, 0.2) is 0 Å². The van der Waals surface area contributed by atoms with Crippen molar-refractivity contribution in [2.24, 2.45) is 0 Å². The maximum Gasteiger partial charge on any atom is 0.222 e. The third-order valence-corrected chi connectivity index (χ3v) is 5.27. The van der Waals surface area contributed by atoms with Crippen molar-refractivity contribution in [1.29, 1.82) is 0 Å². The average molecular weight is 377 g/mol. The number of nitrogens with two attached hydrogens (primary N) is 1. The van der Waals surface area contributed by atoms with E-state index in [2.05, 4.69) is 60.1 Å². The van der Waals surface area contributed by atoms with Crippen LogP contribution in [0.5, 0.6) is 0 Å². The Bertz CT molecular complexity index is 851. The fourth-order valence-corrected chi connectivity index (χ4v) is 3.84. The number of benzene rings is 1. The first kappa shape index (κ1) is 18.4. The zero-order valence-corrected chi connectivity index (χ0v) is 16.2. The van der Waals surface area contributed by atoms with Crippen LogP contribution in [0.25, 0.3) is 0 Å². The topological polar surface area (TPSA) is 84.9 Å². The van der Waals surface area contributed by atoms with Crippen LogP contribution in [0.15, 0.2) is 55.1 Å². The van der Waals surface area contributed by atoms with Gasteiger partial charge in [0.05, 0.1) is 12.4 Å². The molecule has 1 saturated heterocycles. The molecule has 1 aliphatic heterocycles. The molecule has 2 aromatic heterocycles. The van der Waals surface area contributed by atoms with Gasteiger partial charge >= 0.3 is 0 Å². The number of piperidine rings is 1. The molecule has 1 fully saturated rings. The second-order valence-electron chi connectivity index (χ2n) is 7.38. The molecule has 3 heterocycles. The molecule has 0 spiro atoms. The van der Waals surface area contributed by atoms with Crippen LogP contribution >= 0.6 is 0 Å². The SMILES string of the molecule is Cc1cc(N2CCC(N[C@H](Cn3ccnc3)c3ccccc3)CC2)nc(N)n1. The lowest BCUT2D eigenvalue weighted by molar-refractivity contribution is 0.346. The van der Waals surface area contributed by atoms with E-state index in [0.29, 0.717) is 12.0 Å². The summed E-state index contributed by atoms with van der Waals surface area (Å²) in [6.07, 6.45) is 7.85. The van der Waals surface area contributed by atoms with Crippen molar-refractivity contribution in [3.63, 3.8) is 0 Å². The summed E-state index contributed by atoms with van der Waals surface area (Å²) in [5.41, 5.74) is 8.03. The van der Waals surface area contributed by atoms with Crippen LogP contribution in [-0.4, -0.2) is 38.7 Å². The summed E-state index contributed by atoms with van der Waals surface area (Å²) in [5, 5.41) is 3.87. The molecule has 146 valence electrons. The van der Waals surface area contributed by atoms with Crippen molar-refractivity contribution in [3.8, 4) is 0 Å². The first-order chi connectivity index (χ1) is 13.7. The summed E-state index contributed by atoms with van der Waals surface area (Å²) in [6.45, 7) is 4.74. The summed E-state index contributed by atoms with van der Waals surface area (Å²) in [5.74, 6) is 1.28. The number of nitrogens with zero attached hydrogens (tertiary/aromatic N) is 5. The van der Waals surface area contributed by atoms with Crippen LogP contribution < -0.4 is 16.0 Å². The van der Waals surface area contributed by atoms with Crippen LogP contribution in [0.3, 0.4) is 0 Å². The van der Waals surface area contributed by atoms with E-state index >= 15 is 0 Å². The lowest BCUT2D eigenvalue weighted by Crippen LogP contribution is -2.44. The fourth-order valence-electron chi connectivity index (χ4n) is 3.84. The van der Waals surface area contributed by atoms with E-state index in [0.717, 1.165) is 44.0 Å². The van der Waals surface area contributed by atoms with Gasteiger partial charge in [0.2, 0.25) is 5.95 Å². The normalized spacial score (nSPS) is 16.2. The third-order valence-electron chi connectivity index (χ3n) is 5.27. The average Bonchev–Trinajstić information content (AvgIpc) is 3.21. The van der Waals surface area contributed by atoms with Gasteiger partial charge in [0, 0.05) is 49.8 Å². The van der Waals surface area contributed by atoms with E-state index in [9.17, 15) is 0 Å². The zero-order chi connectivity index (χ0) is 19.3. The van der Waals surface area contributed by atoms with Gasteiger partial charge in [0.25, 0.3) is 0 Å². The number of anilines is 2. The molecule has 0 amide bonds. The van der Waals surface area contributed by atoms with E-state index in [4.69, 9.17) is 5.73 Å². The van der Waals surface area contributed by atoms with E-state index in [-0.39, 0.29) is 6.04 Å². The molecule has 7 nitrogen and oxygen atoms in total. The predicted octanol–water partition coefficient (Wildman–Crippen LogP) is 2.56. The molecule has 0 aliphatic carbocycles. The summed E-state index contributed by atoms with van der Waals surface area (Å²) in [6, 6.07) is 13.4. The van der Waals surface area contributed by atoms with Crippen LogP contribution in [-0.2, 0) is 6.54 Å². The van der Waals surface area contributed by atoms with Crippen molar-refractivity contribution in [3.05, 3.63) is 66.4 Å². The van der Waals surface area contributed by atoms with E-state index < -0.39 is 0 Å². The maximum absolute atomic E-state index is 5.82. The Labute approximate surface area is 165 Å². The van der Waals surface area contributed by atoms with E-state index in [1.54, 1.807) is 0 Å². The number of nitrogens with one attached hydrogen (secondary N) is 1. The number of imidazole rings is 1. The molecule has 3 aromatic rings. The van der Waals surface area contributed by atoms with Gasteiger partial charge in [-0.05, 0) is 25.3 Å². The summed E-state index contributed by atoms with van der Waals surface area (Å²) >= 11 is 0. The molecule has 1 aromatic carbocycles. The monoisotopic (exact) mass is 377 g/mol. The Morgan fingerprint density at radius 3 is 2.64 bits per heavy atom. The van der Waals surface area contributed by atoms with E-state index in [1.165, 1.54) is 5.56 Å². The molecular formula is C21H27N7. The number of aryl methyl sites for hydroxylation is 1. The van der Waals surface area contributed by atoms with Crippen LogP contribution in [0.1, 0.15) is 30.1 Å². The number of hydrogen-bond acceptors (Lipinski definition) is 6. The molecule has 0 unspecified atom stereocenters. The predicted molar refractivity (Wildman–Crippen MR) is 111 cm³/mol. The van der Waals surface area contributed by atoms with Crippen molar-refractivity contribution >= 4 is 11.8 Å². The smallest absolute Gasteiger partial charge is 0.222 e. The van der Waals surface area contributed by atoms with Crippen molar-refractivity contribution in [1.82, 2.24) is 24.8 Å². The molecule has 0 radical (unpaired) electrons. The second-order valence-corrected chi connectivity index (χ2v) is 7.38. The van der Waals surface area contributed by atoms with Gasteiger partial charge in [-0.15, -0.1) is 0 Å². The maximum atomic E-state index is 5.82. The Morgan fingerprint density at radius 2 is 1.96 bits per heavy atom. The summed E-state index contributed by atoms with van der Waals surface area (Å²) in [7, 11) is 0. The van der Waals surface area contributed by atoms with Gasteiger partial charge in [-0.2, -0.15) is 4.98 Å². The van der Waals surface area contributed by atoms with Gasteiger partial charge in [-0.25, -0.2) is 9.97 Å². The second kappa shape index (κ2) is 8.39.